The van der Waals surface area contributed by atoms with Crippen molar-refractivity contribution in [2.45, 2.75) is 26.7 Å². The van der Waals surface area contributed by atoms with Gasteiger partial charge >= 0.3 is 5.91 Å². The largest absolute Gasteiger partial charge is 0.331 e. The second-order valence-electron chi connectivity index (χ2n) is 8.74. The molecule has 186 valence electrons. The Morgan fingerprint density at radius 1 is 0.919 bits per heavy atom. The number of halogens is 2. The summed E-state index contributed by atoms with van der Waals surface area (Å²) in [4.78, 5) is 42.2. The first-order chi connectivity index (χ1) is 17.8. The molecule has 0 spiro atoms. The number of aryl methyl sites for hydroxylation is 2. The van der Waals surface area contributed by atoms with Gasteiger partial charge in [-0.1, -0.05) is 25.5 Å². The monoisotopic (exact) mass is 501 g/mol. The van der Waals surface area contributed by atoms with Gasteiger partial charge < -0.3 is 0 Å². The van der Waals surface area contributed by atoms with Crippen LogP contribution in [0, 0.1) is 18.6 Å². The van der Waals surface area contributed by atoms with Crippen molar-refractivity contribution in [1.29, 1.82) is 0 Å². The fourth-order valence-corrected chi connectivity index (χ4v) is 4.51. The lowest BCUT2D eigenvalue weighted by Crippen LogP contribution is -2.40. The molecule has 0 saturated carbocycles. The molecule has 2 aromatic carbocycles. The number of nitrogens with zero attached hydrogens (tertiary/aromatic N) is 3. The van der Waals surface area contributed by atoms with E-state index in [0.717, 1.165) is 16.5 Å². The van der Waals surface area contributed by atoms with Crippen molar-refractivity contribution < 1.29 is 22.9 Å². The van der Waals surface area contributed by atoms with Gasteiger partial charge in [0.25, 0.3) is 17.2 Å². The number of rotatable bonds is 6. The minimum absolute atomic E-state index is 0.0207. The number of carbonyl (C=O) groups excluding carboxylic acids is 2. The van der Waals surface area contributed by atoms with Gasteiger partial charge in [0, 0.05) is 17.3 Å². The summed E-state index contributed by atoms with van der Waals surface area (Å²) in [6.07, 6.45) is 4.30. The molecule has 0 bridgehead atoms. The zero-order chi connectivity index (χ0) is 26.3. The van der Waals surface area contributed by atoms with Gasteiger partial charge in [-0.25, -0.2) is 18.4 Å². The third kappa shape index (κ3) is 4.08. The number of para-hydroxylation sites is 1. The van der Waals surface area contributed by atoms with Crippen LogP contribution in [-0.4, -0.2) is 21.6 Å². The number of pyridine rings is 1. The number of aromatic amines is 1. The number of hydrogen-bond donors (Lipinski definition) is 1. The molecule has 0 aliphatic carbocycles. The summed E-state index contributed by atoms with van der Waals surface area (Å²) in [5.74, 6) is -2.77. The summed E-state index contributed by atoms with van der Waals surface area (Å²) in [5.41, 5.74) is 0.665. The van der Waals surface area contributed by atoms with Crippen molar-refractivity contribution in [3.05, 3.63) is 112 Å². The molecule has 37 heavy (non-hydrogen) atoms. The summed E-state index contributed by atoms with van der Waals surface area (Å²) in [6.45, 7) is 3.74. The predicted molar refractivity (Wildman–Crippen MR) is 134 cm³/mol. The Labute approximate surface area is 210 Å². The molecule has 0 radical (unpaired) electrons. The molecular formula is C28H23F2N4O3+. The molecule has 0 fully saturated rings. The maximum atomic E-state index is 14.8. The van der Waals surface area contributed by atoms with E-state index < -0.39 is 29.0 Å². The average molecular weight is 502 g/mol. The second kappa shape index (κ2) is 9.42. The van der Waals surface area contributed by atoms with Crippen LogP contribution in [0.5, 0.6) is 0 Å². The van der Waals surface area contributed by atoms with E-state index in [9.17, 15) is 23.2 Å². The normalized spacial score (nSPS) is 13.7. The lowest BCUT2D eigenvalue weighted by atomic mass is 10.0. The standard InChI is InChI=1S/C28H22F2N4O3/c1-3-7-21-23(27(36)34(31-21)19-13-11-18(29)12-14-19)24-25(32-15-6-8-17(2)16-32)28(37)33(26(24)35)22-10-5-4-9-20(22)30/h4-6,8-16H,3,7H2,1-2H3/p+1. The molecule has 1 N–H and O–H groups in total. The van der Waals surface area contributed by atoms with Gasteiger partial charge in [0.1, 0.15) is 17.2 Å². The molecule has 4 aromatic rings. The Kier molecular flexibility index (Phi) is 6.12. The minimum atomic E-state index is -0.807. The molecule has 7 nitrogen and oxygen atoms in total. The summed E-state index contributed by atoms with van der Waals surface area (Å²) in [5, 5.41) is 3.03. The second-order valence-corrected chi connectivity index (χ2v) is 8.74. The van der Waals surface area contributed by atoms with Gasteiger partial charge in [-0.2, -0.15) is 4.57 Å². The van der Waals surface area contributed by atoms with E-state index in [1.54, 1.807) is 18.5 Å². The van der Waals surface area contributed by atoms with Crippen LogP contribution in [0.1, 0.15) is 30.2 Å². The number of nitrogens with one attached hydrogen (secondary N) is 1. The number of hydrogen-bond acceptors (Lipinski definition) is 3. The number of carbonyl (C=O) groups is 2. The highest BCUT2D eigenvalue weighted by molar-refractivity contribution is 6.53. The SMILES string of the molecule is CCCc1[nH]n(-c2ccc(F)cc2)c(=O)c1C1=C([n+]2cccc(C)c2)C(=O)N(c2ccccc2F)C1=O. The van der Waals surface area contributed by atoms with Gasteiger partial charge in [0.05, 0.1) is 16.9 Å². The molecule has 2 aromatic heterocycles. The molecule has 3 heterocycles. The molecule has 0 atom stereocenters. The number of benzene rings is 2. The number of H-pyrrole nitrogens is 1. The first kappa shape index (κ1) is 24.1. The fraction of sp³-hybridized carbons (Fsp3) is 0.143. The molecule has 1 aliphatic rings. The van der Waals surface area contributed by atoms with E-state index >= 15 is 0 Å². The Bertz CT molecular complexity index is 1630. The molecule has 9 heteroatoms. The zero-order valence-corrected chi connectivity index (χ0v) is 20.2. The Morgan fingerprint density at radius 3 is 2.32 bits per heavy atom. The van der Waals surface area contributed by atoms with Crippen LogP contribution in [0.15, 0.2) is 77.9 Å². The molecule has 5 rings (SSSR count). The van der Waals surface area contributed by atoms with E-state index in [1.165, 1.54) is 51.7 Å². The molecule has 0 unspecified atom stereocenters. The number of imide groups is 1. The highest BCUT2D eigenvalue weighted by Gasteiger charge is 2.48. The maximum absolute atomic E-state index is 14.8. The molecule has 1 aliphatic heterocycles. The van der Waals surface area contributed by atoms with Crippen molar-refractivity contribution in [3.8, 4) is 5.69 Å². The van der Waals surface area contributed by atoms with E-state index in [4.69, 9.17) is 0 Å². The molecular weight excluding hydrogens is 478 g/mol. The Hall–Kier alpha value is -4.66. The lowest BCUT2D eigenvalue weighted by molar-refractivity contribution is -0.577. The van der Waals surface area contributed by atoms with Crippen LogP contribution in [0.25, 0.3) is 17.0 Å². The fourth-order valence-electron chi connectivity index (χ4n) is 4.51. The predicted octanol–water partition coefficient (Wildman–Crippen LogP) is 3.93. The van der Waals surface area contributed by atoms with E-state index in [0.29, 0.717) is 24.2 Å². The van der Waals surface area contributed by atoms with Crippen molar-refractivity contribution >= 4 is 28.8 Å². The van der Waals surface area contributed by atoms with Gasteiger partial charge in [-0.3, -0.25) is 19.5 Å². The van der Waals surface area contributed by atoms with Crippen LogP contribution in [0.3, 0.4) is 0 Å². The quantitative estimate of drug-likeness (QED) is 0.321. The van der Waals surface area contributed by atoms with Crippen molar-refractivity contribution in [2.75, 3.05) is 4.90 Å². The Morgan fingerprint density at radius 2 is 1.65 bits per heavy atom. The topological polar surface area (TPSA) is 79.1 Å². The first-order valence-corrected chi connectivity index (χ1v) is 11.8. The minimum Gasteiger partial charge on any atom is -0.294 e. The van der Waals surface area contributed by atoms with Crippen LogP contribution in [0.4, 0.5) is 14.5 Å². The van der Waals surface area contributed by atoms with Crippen LogP contribution in [0.2, 0.25) is 0 Å². The molecule has 2 amide bonds. The van der Waals surface area contributed by atoms with Crippen molar-refractivity contribution in [2.24, 2.45) is 0 Å². The van der Waals surface area contributed by atoms with Crippen molar-refractivity contribution in [1.82, 2.24) is 9.78 Å². The number of anilines is 1. The maximum Gasteiger partial charge on any atom is 0.331 e. The summed E-state index contributed by atoms with van der Waals surface area (Å²) >= 11 is 0. The number of amides is 2. The third-order valence-electron chi connectivity index (χ3n) is 6.16. The highest BCUT2D eigenvalue weighted by Crippen LogP contribution is 2.34. The smallest absolute Gasteiger partial charge is 0.294 e. The van der Waals surface area contributed by atoms with Crippen molar-refractivity contribution in [3.63, 3.8) is 0 Å². The summed E-state index contributed by atoms with van der Waals surface area (Å²) in [6, 6.07) is 14.3. The number of aromatic nitrogens is 3. The van der Waals surface area contributed by atoms with Crippen LogP contribution < -0.4 is 15.0 Å². The zero-order valence-electron chi connectivity index (χ0n) is 20.2. The van der Waals surface area contributed by atoms with Gasteiger partial charge in [-0.05, 0) is 55.8 Å². The highest BCUT2D eigenvalue weighted by atomic mass is 19.1. The third-order valence-corrected chi connectivity index (χ3v) is 6.16. The Balaban J connectivity index is 1.80. The van der Waals surface area contributed by atoms with Gasteiger partial charge in [0.15, 0.2) is 12.4 Å². The van der Waals surface area contributed by atoms with Crippen LogP contribution >= 0.6 is 0 Å². The average Bonchev–Trinajstić information content (AvgIpc) is 3.32. The lowest BCUT2D eigenvalue weighted by Gasteiger charge is -2.14. The summed E-state index contributed by atoms with van der Waals surface area (Å²) < 4.78 is 31.0. The van der Waals surface area contributed by atoms with E-state index in [2.05, 4.69) is 5.10 Å². The first-order valence-electron chi connectivity index (χ1n) is 11.8. The van der Waals surface area contributed by atoms with Crippen LogP contribution in [-0.2, 0) is 16.0 Å². The summed E-state index contributed by atoms with van der Waals surface area (Å²) in [7, 11) is 0. The van der Waals surface area contributed by atoms with Gasteiger partial charge in [0.2, 0.25) is 0 Å². The van der Waals surface area contributed by atoms with Gasteiger partial charge in [-0.15, -0.1) is 0 Å². The van der Waals surface area contributed by atoms with E-state index in [-0.39, 0.29) is 22.5 Å². The van der Waals surface area contributed by atoms with E-state index in [1.807, 2.05) is 19.9 Å². The molecule has 0 saturated heterocycles.